The van der Waals surface area contributed by atoms with Crippen molar-refractivity contribution in [2.24, 2.45) is 0 Å². The molecule has 0 aliphatic heterocycles. The molecule has 2 atom stereocenters. The predicted octanol–water partition coefficient (Wildman–Crippen LogP) is 8.13. The van der Waals surface area contributed by atoms with Crippen LogP contribution >= 0.6 is 0 Å². The minimum Gasteiger partial charge on any atom is -0.480 e. The number of unbranched alkanes of at least 4 members (excludes halogenated alkanes) is 3. The molecule has 0 N–H and O–H groups in total. The van der Waals surface area contributed by atoms with Gasteiger partial charge >= 0.3 is 0 Å². The summed E-state index contributed by atoms with van der Waals surface area (Å²) in [6, 6.07) is 6.71. The van der Waals surface area contributed by atoms with E-state index >= 15 is 0 Å². The molecule has 1 heterocycles. The molecule has 0 spiro atoms. The quantitative estimate of drug-likeness (QED) is 0.311. The van der Waals surface area contributed by atoms with Crippen molar-refractivity contribution in [1.29, 1.82) is 0 Å². The molecule has 1 aromatic heterocycles. The van der Waals surface area contributed by atoms with Crippen molar-refractivity contribution in [1.82, 2.24) is 9.97 Å². The Morgan fingerprint density at radius 2 is 1.47 bits per heavy atom. The summed E-state index contributed by atoms with van der Waals surface area (Å²) in [6.45, 7) is 13.8. The van der Waals surface area contributed by atoms with Crippen molar-refractivity contribution in [3.05, 3.63) is 29.5 Å². The maximum absolute atomic E-state index is 5.80. The van der Waals surface area contributed by atoms with Crippen LogP contribution in [0.4, 0.5) is 0 Å². The molecule has 0 amide bonds. The van der Waals surface area contributed by atoms with Crippen LogP contribution in [0.2, 0.25) is 0 Å². The zero-order chi connectivity index (χ0) is 22.2. The van der Waals surface area contributed by atoms with E-state index in [1.807, 2.05) is 0 Å². The van der Waals surface area contributed by atoms with Crippen molar-refractivity contribution < 1.29 is 4.74 Å². The van der Waals surface area contributed by atoms with Crippen LogP contribution in [0, 0.1) is 0 Å². The van der Waals surface area contributed by atoms with Crippen LogP contribution in [0.5, 0.6) is 5.88 Å². The van der Waals surface area contributed by atoms with Gasteiger partial charge in [0.1, 0.15) is 5.69 Å². The fraction of sp³-hybridized carbons (Fsp3) is 0.704. The van der Waals surface area contributed by atoms with Crippen molar-refractivity contribution in [2.75, 3.05) is 7.11 Å². The molecule has 0 aliphatic rings. The van der Waals surface area contributed by atoms with Gasteiger partial charge in [-0.2, -0.15) is 0 Å². The second-order valence-corrected chi connectivity index (χ2v) is 9.57. The largest absolute Gasteiger partial charge is 0.480 e. The average Bonchev–Trinajstić information content (AvgIpc) is 2.76. The standard InChI is InChI=1S/C27H44N2O/c1-8-12-14-19-27(6,17-10-3)24-25(30-7)29-23-20-21(15-16-22(23)28-24)26(5,11-4)18-13-9-2/h15-16,20H,8-14,17-19H2,1-7H3. The van der Waals surface area contributed by atoms with E-state index < -0.39 is 0 Å². The molecule has 30 heavy (non-hydrogen) atoms. The van der Waals surface area contributed by atoms with Gasteiger partial charge in [-0.1, -0.05) is 86.1 Å². The third-order valence-corrected chi connectivity index (χ3v) is 7.09. The molecule has 2 unspecified atom stereocenters. The summed E-state index contributed by atoms with van der Waals surface area (Å²) in [5, 5.41) is 0. The number of nitrogens with zero attached hydrogens (tertiary/aromatic N) is 2. The maximum atomic E-state index is 5.80. The lowest BCUT2D eigenvalue weighted by Gasteiger charge is -2.31. The molecule has 3 nitrogen and oxygen atoms in total. The monoisotopic (exact) mass is 412 g/mol. The maximum Gasteiger partial charge on any atom is 0.236 e. The molecular weight excluding hydrogens is 368 g/mol. The molecule has 2 aromatic rings. The van der Waals surface area contributed by atoms with E-state index in [9.17, 15) is 0 Å². The second-order valence-electron chi connectivity index (χ2n) is 9.57. The molecule has 0 fully saturated rings. The Kier molecular flexibility index (Phi) is 9.12. The highest BCUT2D eigenvalue weighted by molar-refractivity contribution is 5.76. The van der Waals surface area contributed by atoms with Gasteiger partial charge in [-0.05, 0) is 48.8 Å². The lowest BCUT2D eigenvalue weighted by Crippen LogP contribution is -2.25. The van der Waals surface area contributed by atoms with Crippen LogP contribution in [-0.2, 0) is 10.8 Å². The summed E-state index contributed by atoms with van der Waals surface area (Å²) in [7, 11) is 1.74. The molecule has 3 heteroatoms. The normalized spacial score (nSPS) is 15.7. The van der Waals surface area contributed by atoms with Gasteiger partial charge in [0.05, 0.1) is 18.1 Å². The Morgan fingerprint density at radius 1 is 0.767 bits per heavy atom. The molecule has 0 radical (unpaired) electrons. The second kappa shape index (κ2) is 11.1. The smallest absolute Gasteiger partial charge is 0.236 e. The number of fused-ring (bicyclic) bond motifs is 1. The number of hydrogen-bond donors (Lipinski definition) is 0. The van der Waals surface area contributed by atoms with Gasteiger partial charge in [-0.15, -0.1) is 0 Å². The highest BCUT2D eigenvalue weighted by Crippen LogP contribution is 2.40. The SMILES string of the molecule is CCCCCC(C)(CCC)c1nc2ccc(C(C)(CC)CCCC)cc2nc1OC. The highest BCUT2D eigenvalue weighted by Gasteiger charge is 2.32. The highest BCUT2D eigenvalue weighted by atomic mass is 16.5. The van der Waals surface area contributed by atoms with Crippen LogP contribution in [-0.4, -0.2) is 17.1 Å². The van der Waals surface area contributed by atoms with Gasteiger partial charge < -0.3 is 4.74 Å². The van der Waals surface area contributed by atoms with E-state index in [0.29, 0.717) is 5.88 Å². The molecule has 1 aromatic carbocycles. The number of rotatable bonds is 13. The summed E-state index contributed by atoms with van der Waals surface area (Å²) in [6.07, 6.45) is 11.9. The number of benzene rings is 1. The summed E-state index contributed by atoms with van der Waals surface area (Å²) < 4.78 is 5.80. The Bertz CT molecular complexity index is 803. The van der Waals surface area contributed by atoms with Crippen molar-refractivity contribution in [3.8, 4) is 5.88 Å². The average molecular weight is 413 g/mol. The number of ether oxygens (including phenoxy) is 1. The predicted molar refractivity (Wildman–Crippen MR) is 130 cm³/mol. The number of hydrogen-bond acceptors (Lipinski definition) is 3. The van der Waals surface area contributed by atoms with Crippen molar-refractivity contribution in [3.63, 3.8) is 0 Å². The minimum absolute atomic E-state index is 0.00812. The molecule has 0 bridgehead atoms. The lowest BCUT2D eigenvalue weighted by atomic mass is 9.76. The first-order valence-corrected chi connectivity index (χ1v) is 12.2. The van der Waals surface area contributed by atoms with Crippen LogP contribution in [0.3, 0.4) is 0 Å². The van der Waals surface area contributed by atoms with Gasteiger partial charge in [0.2, 0.25) is 5.88 Å². The van der Waals surface area contributed by atoms with Gasteiger partial charge in [0, 0.05) is 5.41 Å². The van der Waals surface area contributed by atoms with E-state index in [-0.39, 0.29) is 10.8 Å². The first-order valence-electron chi connectivity index (χ1n) is 12.2. The third-order valence-electron chi connectivity index (χ3n) is 7.09. The van der Waals surface area contributed by atoms with Crippen molar-refractivity contribution in [2.45, 2.75) is 117 Å². The van der Waals surface area contributed by atoms with Gasteiger partial charge in [0.25, 0.3) is 0 Å². The van der Waals surface area contributed by atoms with E-state index in [4.69, 9.17) is 14.7 Å². The molecule has 0 saturated carbocycles. The Balaban J connectivity index is 2.51. The van der Waals surface area contributed by atoms with Crippen LogP contribution in [0.15, 0.2) is 18.2 Å². The minimum atomic E-state index is 0.00812. The van der Waals surface area contributed by atoms with E-state index in [1.165, 1.54) is 44.1 Å². The zero-order valence-electron chi connectivity index (χ0n) is 20.6. The third kappa shape index (κ3) is 5.53. The molecule has 168 valence electrons. The van der Waals surface area contributed by atoms with E-state index in [1.54, 1.807) is 7.11 Å². The first-order chi connectivity index (χ1) is 14.4. The van der Waals surface area contributed by atoms with Gasteiger partial charge in [-0.3, -0.25) is 0 Å². The van der Waals surface area contributed by atoms with E-state index in [2.05, 4.69) is 59.7 Å². The van der Waals surface area contributed by atoms with E-state index in [0.717, 1.165) is 42.4 Å². The lowest BCUT2D eigenvalue weighted by molar-refractivity contribution is 0.330. The molecule has 0 saturated heterocycles. The summed E-state index contributed by atoms with van der Waals surface area (Å²) in [4.78, 5) is 10.1. The fourth-order valence-corrected chi connectivity index (χ4v) is 4.72. The zero-order valence-corrected chi connectivity index (χ0v) is 20.6. The van der Waals surface area contributed by atoms with Crippen LogP contribution in [0.1, 0.15) is 117 Å². The first kappa shape index (κ1) is 24.6. The van der Waals surface area contributed by atoms with Crippen LogP contribution < -0.4 is 4.74 Å². The topological polar surface area (TPSA) is 35.0 Å². The van der Waals surface area contributed by atoms with Crippen LogP contribution in [0.25, 0.3) is 11.0 Å². The van der Waals surface area contributed by atoms with Gasteiger partial charge in [0.15, 0.2) is 0 Å². The summed E-state index contributed by atoms with van der Waals surface area (Å²) in [5.41, 5.74) is 4.54. The Hall–Kier alpha value is -1.64. The summed E-state index contributed by atoms with van der Waals surface area (Å²) in [5.74, 6) is 0.707. The molecule has 0 aliphatic carbocycles. The fourth-order valence-electron chi connectivity index (χ4n) is 4.72. The van der Waals surface area contributed by atoms with Gasteiger partial charge in [-0.25, -0.2) is 9.97 Å². The van der Waals surface area contributed by atoms with Crippen molar-refractivity contribution >= 4 is 11.0 Å². The number of aromatic nitrogens is 2. The summed E-state index contributed by atoms with van der Waals surface area (Å²) >= 11 is 0. The Morgan fingerprint density at radius 3 is 2.07 bits per heavy atom. The molecular formula is C27H44N2O. The molecule has 2 rings (SSSR count). The Labute approximate surface area is 185 Å². The number of methoxy groups -OCH3 is 1.